The number of hydrogen-bond acceptors (Lipinski definition) is 7. The van der Waals surface area contributed by atoms with E-state index >= 15 is 0 Å². The molecule has 3 aliphatic heterocycles. The van der Waals surface area contributed by atoms with Gasteiger partial charge in [0.15, 0.2) is 0 Å². The van der Waals surface area contributed by atoms with Crippen molar-refractivity contribution in [3.63, 3.8) is 0 Å². The predicted octanol–water partition coefficient (Wildman–Crippen LogP) is 1.75. The van der Waals surface area contributed by atoms with Gasteiger partial charge in [-0.3, -0.25) is 9.52 Å². The van der Waals surface area contributed by atoms with E-state index < -0.39 is 46.4 Å². The third-order valence-corrected chi connectivity index (χ3v) is 9.06. The maximum Gasteiger partial charge on any atom is 0.302 e. The van der Waals surface area contributed by atoms with Crippen LogP contribution in [0.3, 0.4) is 0 Å². The summed E-state index contributed by atoms with van der Waals surface area (Å²) in [5.41, 5.74) is -0.819. The maximum absolute atomic E-state index is 13.7. The number of carbonyl (C=O) groups excluding carboxylic acids is 1. The highest BCUT2D eigenvalue weighted by molar-refractivity contribution is 7.90. The summed E-state index contributed by atoms with van der Waals surface area (Å²) in [6.45, 7) is 0.00202. The van der Waals surface area contributed by atoms with Gasteiger partial charge in [-0.15, -0.1) is 0 Å². The number of nitrogens with zero attached hydrogens (tertiary/aromatic N) is 4. The van der Waals surface area contributed by atoms with Crippen molar-refractivity contribution in [3.05, 3.63) is 40.2 Å². The lowest BCUT2D eigenvalue weighted by Gasteiger charge is -2.41. The molecule has 3 aliphatic rings. The van der Waals surface area contributed by atoms with Crippen LogP contribution >= 0.6 is 11.6 Å². The van der Waals surface area contributed by atoms with Gasteiger partial charge in [-0.1, -0.05) is 11.6 Å². The molecule has 11 nitrogen and oxygen atoms in total. The van der Waals surface area contributed by atoms with Crippen LogP contribution in [0.2, 0.25) is 5.02 Å². The van der Waals surface area contributed by atoms with E-state index in [0.29, 0.717) is 37.9 Å². The number of aliphatic hydroxyl groups excluding tert-OH is 1. The largest absolute Gasteiger partial charge is 0.393 e. The standard InChI is InChI=1S/C22H24ClFN6O5S/c23-18-19(28-36(34,35)30-14-3-4-15(30)9-22(33,8-14)11-31)16-2-1-5-29(16)20(18)21(32)27-12-6-13(10-25)26-17(24)7-12/h6-7,14-15,28,31,33H,1-5,8-9,11H2,(H,26,27,32). The Morgan fingerprint density at radius 3 is 2.67 bits per heavy atom. The van der Waals surface area contributed by atoms with E-state index in [2.05, 4.69) is 15.0 Å². The van der Waals surface area contributed by atoms with Gasteiger partial charge in [0.25, 0.3) is 5.91 Å². The average Bonchev–Trinajstić information content (AvgIpc) is 3.47. The van der Waals surface area contributed by atoms with Gasteiger partial charge < -0.3 is 20.1 Å². The SMILES string of the molecule is N#Cc1cc(NC(=O)c2c(Cl)c(NS(=O)(=O)N3C4CCC3CC(O)(CO)C4)c3n2CCC3)cc(F)n1. The Morgan fingerprint density at radius 2 is 2.03 bits per heavy atom. The molecule has 5 heterocycles. The second-order valence-electron chi connectivity index (χ2n) is 9.48. The molecule has 36 heavy (non-hydrogen) atoms. The van der Waals surface area contributed by atoms with Crippen molar-refractivity contribution < 1.29 is 27.8 Å². The molecule has 2 saturated heterocycles. The molecule has 4 N–H and O–H groups in total. The molecule has 2 fully saturated rings. The zero-order chi connectivity index (χ0) is 25.8. The first kappa shape index (κ1) is 24.9. The molecular formula is C22H24ClFN6O5S. The first-order valence-electron chi connectivity index (χ1n) is 11.5. The van der Waals surface area contributed by atoms with Gasteiger partial charge in [0, 0.05) is 36.1 Å². The monoisotopic (exact) mass is 538 g/mol. The summed E-state index contributed by atoms with van der Waals surface area (Å²) in [5, 5.41) is 31.5. The molecule has 2 unspecified atom stereocenters. The minimum atomic E-state index is -4.09. The Balaban J connectivity index is 1.44. The van der Waals surface area contributed by atoms with Crippen molar-refractivity contribution in [1.29, 1.82) is 5.26 Å². The van der Waals surface area contributed by atoms with Crippen molar-refractivity contribution in [2.75, 3.05) is 16.6 Å². The van der Waals surface area contributed by atoms with Crippen LogP contribution in [0, 0.1) is 17.3 Å². The summed E-state index contributed by atoms with van der Waals surface area (Å²) in [7, 11) is -4.09. The van der Waals surface area contributed by atoms with E-state index in [1.165, 1.54) is 10.4 Å². The van der Waals surface area contributed by atoms with Crippen molar-refractivity contribution in [3.8, 4) is 6.07 Å². The van der Waals surface area contributed by atoms with Crippen LogP contribution < -0.4 is 10.0 Å². The molecule has 0 aliphatic carbocycles. The van der Waals surface area contributed by atoms with Gasteiger partial charge in [0.1, 0.15) is 17.5 Å². The molecular weight excluding hydrogens is 515 g/mol. The molecule has 0 aromatic carbocycles. The van der Waals surface area contributed by atoms with E-state index in [9.17, 15) is 27.8 Å². The minimum Gasteiger partial charge on any atom is -0.393 e. The van der Waals surface area contributed by atoms with Crippen LogP contribution in [0.25, 0.3) is 0 Å². The Bertz CT molecular complexity index is 1380. The van der Waals surface area contributed by atoms with Crippen molar-refractivity contribution in [2.45, 2.75) is 62.8 Å². The van der Waals surface area contributed by atoms with Gasteiger partial charge in [-0.05, 0) is 44.6 Å². The van der Waals surface area contributed by atoms with E-state index in [4.69, 9.17) is 16.9 Å². The Labute approximate surface area is 211 Å². The fourth-order valence-corrected chi connectivity index (χ4v) is 7.80. The molecule has 2 bridgehead atoms. The summed E-state index contributed by atoms with van der Waals surface area (Å²) in [5.74, 6) is -1.62. The lowest BCUT2D eigenvalue weighted by molar-refractivity contribution is -0.0662. The summed E-state index contributed by atoms with van der Waals surface area (Å²) in [6, 6.07) is 2.96. The van der Waals surface area contributed by atoms with Gasteiger partial charge in [-0.2, -0.15) is 22.4 Å². The van der Waals surface area contributed by atoms with Gasteiger partial charge >= 0.3 is 10.2 Å². The molecule has 0 saturated carbocycles. The quantitative estimate of drug-likeness (QED) is 0.407. The van der Waals surface area contributed by atoms with Gasteiger partial charge in [0.05, 0.1) is 22.9 Å². The number of nitrogens with one attached hydrogen (secondary N) is 2. The number of carbonyl (C=O) groups is 1. The zero-order valence-electron chi connectivity index (χ0n) is 19.0. The summed E-state index contributed by atoms with van der Waals surface area (Å²) in [6.07, 6.45) is 2.55. The first-order chi connectivity index (χ1) is 17.0. The second kappa shape index (κ2) is 8.97. The topological polar surface area (TPSA) is 161 Å². The van der Waals surface area contributed by atoms with E-state index in [1.54, 1.807) is 10.6 Å². The first-order valence-corrected chi connectivity index (χ1v) is 13.3. The molecule has 1 amide bonds. The number of nitriles is 1. The number of halogens is 2. The van der Waals surface area contributed by atoms with Gasteiger partial charge in [-0.25, -0.2) is 4.98 Å². The van der Waals surface area contributed by atoms with Crippen LogP contribution in [0.4, 0.5) is 15.8 Å². The minimum absolute atomic E-state index is 0.0112. The second-order valence-corrected chi connectivity index (χ2v) is 11.4. The predicted molar refractivity (Wildman–Crippen MR) is 127 cm³/mol. The fourth-order valence-electron chi connectivity index (χ4n) is 5.67. The Kier molecular flexibility index (Phi) is 6.20. The highest BCUT2D eigenvalue weighted by Crippen LogP contribution is 2.44. The third-order valence-electron chi connectivity index (χ3n) is 7.08. The summed E-state index contributed by atoms with van der Waals surface area (Å²) in [4.78, 5) is 16.5. The highest BCUT2D eigenvalue weighted by Gasteiger charge is 2.52. The van der Waals surface area contributed by atoms with E-state index in [-0.39, 0.29) is 40.6 Å². The number of hydrogen-bond donors (Lipinski definition) is 4. The molecule has 2 aromatic heterocycles. The van der Waals surface area contributed by atoms with Crippen molar-refractivity contribution in [2.24, 2.45) is 0 Å². The number of rotatable bonds is 6. The highest BCUT2D eigenvalue weighted by atomic mass is 35.5. The lowest BCUT2D eigenvalue weighted by atomic mass is 9.88. The smallest absolute Gasteiger partial charge is 0.302 e. The number of pyridine rings is 1. The summed E-state index contributed by atoms with van der Waals surface area (Å²) >= 11 is 6.56. The van der Waals surface area contributed by atoms with Crippen molar-refractivity contribution >= 4 is 39.1 Å². The molecule has 0 spiro atoms. The molecule has 2 atom stereocenters. The van der Waals surface area contributed by atoms with Crippen LogP contribution in [-0.2, 0) is 23.2 Å². The Hall–Kier alpha value is -2.76. The van der Waals surface area contributed by atoms with Gasteiger partial charge in [0.2, 0.25) is 5.95 Å². The molecule has 0 radical (unpaired) electrons. The zero-order valence-corrected chi connectivity index (χ0v) is 20.6. The number of anilines is 2. The number of aromatic nitrogens is 2. The Morgan fingerprint density at radius 1 is 1.33 bits per heavy atom. The number of fused-ring (bicyclic) bond motifs is 3. The molecule has 2 aromatic rings. The number of aliphatic hydroxyl groups is 2. The molecule has 5 rings (SSSR count). The van der Waals surface area contributed by atoms with Crippen LogP contribution in [-0.4, -0.2) is 62.7 Å². The fraction of sp³-hybridized carbons (Fsp3) is 0.500. The van der Waals surface area contributed by atoms with Crippen LogP contribution in [0.5, 0.6) is 0 Å². The molecule has 14 heteroatoms. The maximum atomic E-state index is 13.7. The van der Waals surface area contributed by atoms with Crippen LogP contribution in [0.15, 0.2) is 12.1 Å². The third kappa shape index (κ3) is 4.22. The summed E-state index contributed by atoms with van der Waals surface area (Å²) < 4.78 is 46.2. The number of amides is 1. The normalized spacial score (nSPS) is 25.4. The van der Waals surface area contributed by atoms with E-state index in [0.717, 1.165) is 6.07 Å². The average molecular weight is 539 g/mol. The lowest BCUT2D eigenvalue weighted by Crippen LogP contribution is -2.55. The molecule has 192 valence electrons. The number of piperidine rings is 1. The van der Waals surface area contributed by atoms with Crippen molar-refractivity contribution in [1.82, 2.24) is 13.9 Å². The van der Waals surface area contributed by atoms with E-state index in [1.807, 2.05) is 0 Å². The van der Waals surface area contributed by atoms with Crippen LogP contribution in [0.1, 0.15) is 54.0 Å².